The van der Waals surface area contributed by atoms with E-state index in [-0.39, 0.29) is 11.6 Å². The van der Waals surface area contributed by atoms with Crippen molar-refractivity contribution in [2.24, 2.45) is 11.5 Å². The molecule has 1 saturated carbocycles. The molecule has 7 heteroatoms. The molecule has 2 atom stereocenters. The van der Waals surface area contributed by atoms with Crippen LogP contribution in [0.25, 0.3) is 0 Å². The van der Waals surface area contributed by atoms with E-state index in [9.17, 15) is 9.90 Å². The van der Waals surface area contributed by atoms with Gasteiger partial charge in [0.1, 0.15) is 11.4 Å². The normalized spacial score (nSPS) is 27.0. The Kier molecular flexibility index (Phi) is 7.13. The fourth-order valence-electron chi connectivity index (χ4n) is 3.66. The van der Waals surface area contributed by atoms with E-state index in [4.69, 9.17) is 16.2 Å². The first kappa shape index (κ1) is 19.6. The summed E-state index contributed by atoms with van der Waals surface area (Å²) in [5.41, 5.74) is 12.6. The number of esters is 1. The third kappa shape index (κ3) is 5.37. The summed E-state index contributed by atoms with van der Waals surface area (Å²) in [5.74, 6) is -0.230. The predicted octanol–water partition coefficient (Wildman–Crippen LogP) is 0.550. The Balaban J connectivity index is 2.03. The molecule has 1 saturated heterocycles. The number of methoxy groups -OCH3 is 1. The highest BCUT2D eigenvalue weighted by Crippen LogP contribution is 2.22. The van der Waals surface area contributed by atoms with Gasteiger partial charge in [0.05, 0.1) is 13.2 Å². The van der Waals surface area contributed by atoms with Crippen molar-refractivity contribution in [3.63, 3.8) is 0 Å². The van der Waals surface area contributed by atoms with Gasteiger partial charge in [-0.05, 0) is 32.3 Å². The minimum atomic E-state index is -0.531. The quantitative estimate of drug-likeness (QED) is 0.324. The average Bonchev–Trinajstić information content (AvgIpc) is 2.61. The minimum absolute atomic E-state index is 0.0699. The Hall–Kier alpha value is -1.73. The fraction of sp³-hybridized carbons (Fsp3) is 0.722. The van der Waals surface area contributed by atoms with Gasteiger partial charge >= 0.3 is 5.97 Å². The number of hydrogen-bond donors (Lipinski definition) is 4. The molecular weight excluding hydrogens is 320 g/mol. The fourth-order valence-corrected chi connectivity index (χ4v) is 3.66. The van der Waals surface area contributed by atoms with Crippen LogP contribution in [0.5, 0.6) is 0 Å². The maximum atomic E-state index is 12.0. The lowest BCUT2D eigenvalue weighted by atomic mass is 9.92. The Morgan fingerprint density at radius 2 is 1.92 bits per heavy atom. The molecule has 0 aromatic carbocycles. The number of nitrogens with zero attached hydrogens (tertiary/aromatic N) is 1. The van der Waals surface area contributed by atoms with Gasteiger partial charge in [-0.2, -0.15) is 0 Å². The summed E-state index contributed by atoms with van der Waals surface area (Å²) in [6, 6.07) is 0.571. The first-order valence-corrected chi connectivity index (χ1v) is 9.13. The summed E-state index contributed by atoms with van der Waals surface area (Å²) >= 11 is 0. The Morgan fingerprint density at radius 3 is 2.48 bits per heavy atom. The smallest absolute Gasteiger partial charge is 0.341 e. The van der Waals surface area contributed by atoms with Crippen LogP contribution in [0.1, 0.15) is 45.4 Å². The highest BCUT2D eigenvalue weighted by Gasteiger charge is 2.31. The molecule has 142 valence electrons. The molecule has 0 spiro atoms. The van der Waals surface area contributed by atoms with Crippen molar-refractivity contribution in [1.82, 2.24) is 10.2 Å². The third-order valence-electron chi connectivity index (χ3n) is 5.03. The highest BCUT2D eigenvalue weighted by molar-refractivity contribution is 5.92. The molecule has 2 fully saturated rings. The topological polar surface area (TPSA) is 114 Å². The number of rotatable bonds is 5. The van der Waals surface area contributed by atoms with Crippen LogP contribution in [0.3, 0.4) is 0 Å². The molecular formula is C18H32N4O3. The number of allylic oxidation sites excluding steroid dienone is 1. The summed E-state index contributed by atoms with van der Waals surface area (Å²) in [7, 11) is 1.31. The minimum Gasteiger partial charge on any atom is -0.465 e. The van der Waals surface area contributed by atoms with E-state index in [1.54, 1.807) is 6.92 Å². The van der Waals surface area contributed by atoms with Crippen LogP contribution in [0.2, 0.25) is 0 Å². The number of β-amino-alcohol motifs (C(OH)–C–C–N with tert-alkyl or cyclic N) is 1. The second kappa shape index (κ2) is 9.10. The predicted molar refractivity (Wildman–Crippen MR) is 97.2 cm³/mol. The van der Waals surface area contributed by atoms with Crippen molar-refractivity contribution in [2.45, 2.75) is 63.6 Å². The van der Waals surface area contributed by atoms with Gasteiger partial charge in [0.2, 0.25) is 0 Å². The first-order valence-electron chi connectivity index (χ1n) is 9.13. The van der Waals surface area contributed by atoms with Crippen molar-refractivity contribution in [2.75, 3.05) is 20.2 Å². The van der Waals surface area contributed by atoms with Crippen molar-refractivity contribution >= 4 is 5.97 Å². The Morgan fingerprint density at radius 1 is 1.24 bits per heavy atom. The average molecular weight is 352 g/mol. The van der Waals surface area contributed by atoms with Crippen LogP contribution in [0, 0.1) is 0 Å². The van der Waals surface area contributed by atoms with Crippen molar-refractivity contribution in [3.05, 3.63) is 23.2 Å². The number of carbonyl (C=O) groups is 1. The number of ether oxygens (including phenoxy) is 1. The van der Waals surface area contributed by atoms with E-state index in [0.717, 1.165) is 6.42 Å². The molecule has 1 heterocycles. The summed E-state index contributed by atoms with van der Waals surface area (Å²) in [4.78, 5) is 13.8. The van der Waals surface area contributed by atoms with Gasteiger partial charge in [0.15, 0.2) is 0 Å². The Bertz CT molecular complexity index is 522. The van der Waals surface area contributed by atoms with E-state index in [0.29, 0.717) is 30.6 Å². The SMILES string of the molecule is COC(=O)C(/C=C(/C)N)=C(/N)N1CC[C@@H](NC2CCCCC2)[C@H](O)C1. The van der Waals surface area contributed by atoms with Crippen LogP contribution >= 0.6 is 0 Å². The maximum absolute atomic E-state index is 12.0. The van der Waals surface area contributed by atoms with E-state index in [2.05, 4.69) is 5.32 Å². The third-order valence-corrected chi connectivity index (χ3v) is 5.03. The van der Waals surface area contributed by atoms with Gasteiger partial charge < -0.3 is 31.5 Å². The largest absolute Gasteiger partial charge is 0.465 e. The molecule has 0 radical (unpaired) electrons. The maximum Gasteiger partial charge on any atom is 0.341 e. The summed E-state index contributed by atoms with van der Waals surface area (Å²) in [6.45, 7) is 2.74. The number of piperidine rings is 1. The summed E-state index contributed by atoms with van der Waals surface area (Å²) in [6.07, 6.45) is 7.95. The molecule has 6 N–H and O–H groups in total. The number of hydrogen-bond acceptors (Lipinski definition) is 7. The van der Waals surface area contributed by atoms with Crippen LogP contribution < -0.4 is 16.8 Å². The van der Waals surface area contributed by atoms with Crippen molar-refractivity contribution in [1.29, 1.82) is 0 Å². The molecule has 0 bridgehead atoms. The number of likely N-dealkylation sites (tertiary alicyclic amines) is 1. The Labute approximate surface area is 150 Å². The van der Waals surface area contributed by atoms with E-state index >= 15 is 0 Å². The van der Waals surface area contributed by atoms with Crippen molar-refractivity contribution < 1.29 is 14.6 Å². The van der Waals surface area contributed by atoms with Gasteiger partial charge in [-0.3, -0.25) is 0 Å². The molecule has 25 heavy (non-hydrogen) atoms. The second-order valence-electron chi connectivity index (χ2n) is 7.09. The number of nitrogens with two attached hydrogens (primary N) is 2. The molecule has 0 unspecified atom stereocenters. The standard InChI is InChI=1S/C18H32N4O3/c1-12(19)10-14(18(24)25-2)17(20)22-9-8-15(16(23)11-22)21-13-6-4-3-5-7-13/h10,13,15-16,21,23H,3-9,11,19-20H2,1-2H3/b12-10-,17-14-/t15-,16-/m1/s1. The lowest BCUT2D eigenvalue weighted by Crippen LogP contribution is -2.55. The lowest BCUT2D eigenvalue weighted by molar-refractivity contribution is -0.135. The number of carbonyl (C=O) groups excluding carboxylic acids is 1. The van der Waals surface area contributed by atoms with Crippen LogP contribution in [0.4, 0.5) is 0 Å². The first-order chi connectivity index (χ1) is 11.9. The zero-order chi connectivity index (χ0) is 18.4. The number of aliphatic hydroxyl groups excluding tert-OH is 1. The van der Waals surface area contributed by atoms with Gasteiger partial charge in [0.25, 0.3) is 0 Å². The van der Waals surface area contributed by atoms with E-state index in [1.165, 1.54) is 45.3 Å². The van der Waals surface area contributed by atoms with Crippen LogP contribution in [-0.4, -0.2) is 54.4 Å². The number of nitrogens with one attached hydrogen (secondary N) is 1. The van der Waals surface area contributed by atoms with Crippen LogP contribution in [-0.2, 0) is 9.53 Å². The molecule has 2 aliphatic rings. The van der Waals surface area contributed by atoms with Gasteiger partial charge in [-0.25, -0.2) is 4.79 Å². The zero-order valence-electron chi connectivity index (χ0n) is 15.3. The van der Waals surface area contributed by atoms with E-state index < -0.39 is 12.1 Å². The summed E-state index contributed by atoms with van der Waals surface area (Å²) in [5, 5.41) is 14.1. The molecule has 0 aromatic rings. The number of aliphatic hydroxyl groups is 1. The second-order valence-corrected chi connectivity index (χ2v) is 7.09. The molecule has 7 nitrogen and oxygen atoms in total. The molecule has 0 amide bonds. The molecule has 0 aromatic heterocycles. The van der Waals surface area contributed by atoms with Crippen molar-refractivity contribution in [3.8, 4) is 0 Å². The van der Waals surface area contributed by atoms with E-state index in [1.807, 2.05) is 4.90 Å². The molecule has 2 rings (SSSR count). The molecule has 1 aliphatic heterocycles. The summed E-state index contributed by atoms with van der Waals surface area (Å²) < 4.78 is 4.80. The highest BCUT2D eigenvalue weighted by atomic mass is 16.5. The zero-order valence-corrected chi connectivity index (χ0v) is 15.3. The molecule has 1 aliphatic carbocycles. The van der Waals surface area contributed by atoms with Gasteiger partial charge in [0, 0.05) is 30.9 Å². The lowest BCUT2D eigenvalue weighted by Gasteiger charge is -2.40. The van der Waals surface area contributed by atoms with Gasteiger partial charge in [-0.15, -0.1) is 0 Å². The van der Waals surface area contributed by atoms with Gasteiger partial charge in [-0.1, -0.05) is 19.3 Å². The van der Waals surface area contributed by atoms with Crippen LogP contribution in [0.15, 0.2) is 23.2 Å². The monoisotopic (exact) mass is 352 g/mol.